The van der Waals surface area contributed by atoms with Crippen molar-refractivity contribution in [3.63, 3.8) is 0 Å². The molecule has 0 saturated heterocycles. The lowest BCUT2D eigenvalue weighted by Crippen LogP contribution is -2.30. The largest absolute Gasteiger partial charge is 0.493 e. The average molecular weight is 393 g/mol. The highest BCUT2D eigenvalue weighted by molar-refractivity contribution is 5.98. The first-order valence-corrected chi connectivity index (χ1v) is 8.43. The zero-order valence-corrected chi connectivity index (χ0v) is 15.9. The van der Waals surface area contributed by atoms with Gasteiger partial charge in [-0.1, -0.05) is 17.7 Å². The van der Waals surface area contributed by atoms with Gasteiger partial charge in [0.15, 0.2) is 17.6 Å². The molecule has 0 aliphatic carbocycles. The number of esters is 1. The summed E-state index contributed by atoms with van der Waals surface area (Å²) < 4.78 is 39.2. The Hall–Kier alpha value is -3.16. The van der Waals surface area contributed by atoms with Gasteiger partial charge in [-0.2, -0.15) is 8.78 Å². The number of anilines is 1. The topological polar surface area (TPSA) is 73.9 Å². The maximum Gasteiger partial charge on any atom is 0.387 e. The zero-order valence-electron chi connectivity index (χ0n) is 15.9. The molecule has 0 spiro atoms. The molecule has 0 radical (unpaired) electrons. The molecule has 2 aromatic carbocycles. The quantitative estimate of drug-likeness (QED) is 0.717. The van der Waals surface area contributed by atoms with Crippen LogP contribution in [0.25, 0.3) is 0 Å². The molecule has 28 heavy (non-hydrogen) atoms. The van der Waals surface area contributed by atoms with E-state index < -0.39 is 24.6 Å². The summed E-state index contributed by atoms with van der Waals surface area (Å²) in [6.45, 7) is 2.20. The molecule has 0 aliphatic rings. The second-order valence-corrected chi connectivity index (χ2v) is 6.10. The van der Waals surface area contributed by atoms with Crippen LogP contribution in [-0.4, -0.2) is 31.7 Å². The molecule has 0 heterocycles. The molecule has 0 bridgehead atoms. The van der Waals surface area contributed by atoms with Crippen LogP contribution in [0.2, 0.25) is 0 Å². The van der Waals surface area contributed by atoms with Gasteiger partial charge in [-0.3, -0.25) is 4.79 Å². The molecule has 0 saturated carbocycles. The van der Waals surface area contributed by atoms with Gasteiger partial charge < -0.3 is 19.5 Å². The fraction of sp³-hybridized carbons (Fsp3) is 0.300. The number of carbonyl (C=O) groups excluding carboxylic acids is 2. The summed E-state index contributed by atoms with van der Waals surface area (Å²) in [7, 11) is 1.25. The van der Waals surface area contributed by atoms with Crippen LogP contribution in [0.3, 0.4) is 0 Å². The van der Waals surface area contributed by atoms with Gasteiger partial charge in [-0.05, 0) is 50.6 Å². The Labute approximate surface area is 161 Å². The summed E-state index contributed by atoms with van der Waals surface area (Å²) in [5, 5.41) is 2.70. The molecule has 1 atom stereocenters. The smallest absolute Gasteiger partial charge is 0.387 e. The molecule has 0 aromatic heterocycles. The van der Waals surface area contributed by atoms with Crippen LogP contribution in [0.15, 0.2) is 36.4 Å². The lowest BCUT2D eigenvalue weighted by atomic mass is 10.1. The van der Waals surface area contributed by atoms with E-state index in [1.54, 1.807) is 6.07 Å². The second-order valence-electron chi connectivity index (χ2n) is 6.10. The highest BCUT2D eigenvalue weighted by atomic mass is 19.3. The van der Waals surface area contributed by atoms with Crippen molar-refractivity contribution in [3.05, 3.63) is 53.1 Å². The minimum Gasteiger partial charge on any atom is -0.493 e. The Kier molecular flexibility index (Phi) is 6.92. The number of carbonyl (C=O) groups is 2. The number of amides is 1. The molecule has 6 nitrogen and oxygen atoms in total. The van der Waals surface area contributed by atoms with Gasteiger partial charge in [0.05, 0.1) is 12.7 Å². The number of ether oxygens (including phenoxy) is 3. The van der Waals surface area contributed by atoms with E-state index in [2.05, 4.69) is 10.1 Å². The first-order chi connectivity index (χ1) is 13.2. The maximum atomic E-state index is 12.4. The van der Waals surface area contributed by atoms with Gasteiger partial charge in [0.25, 0.3) is 5.91 Å². The van der Waals surface area contributed by atoms with Crippen LogP contribution < -0.4 is 14.8 Å². The second kappa shape index (κ2) is 9.16. The van der Waals surface area contributed by atoms with Gasteiger partial charge in [0.2, 0.25) is 0 Å². The van der Waals surface area contributed by atoms with Crippen molar-refractivity contribution in [2.45, 2.75) is 33.5 Å². The number of aryl methyl sites for hydroxylation is 2. The number of rotatable bonds is 7. The number of hydrogen-bond donors (Lipinski definition) is 1. The van der Waals surface area contributed by atoms with Gasteiger partial charge in [-0.15, -0.1) is 0 Å². The number of halogens is 2. The third-order valence-electron chi connectivity index (χ3n) is 3.91. The van der Waals surface area contributed by atoms with Crippen LogP contribution in [0.5, 0.6) is 11.5 Å². The lowest BCUT2D eigenvalue weighted by Gasteiger charge is -2.16. The van der Waals surface area contributed by atoms with Crippen molar-refractivity contribution in [1.29, 1.82) is 0 Å². The fourth-order valence-electron chi connectivity index (χ4n) is 2.46. The summed E-state index contributed by atoms with van der Waals surface area (Å²) in [5.41, 5.74) is 2.59. The van der Waals surface area contributed by atoms with Crippen LogP contribution >= 0.6 is 0 Å². The van der Waals surface area contributed by atoms with Crippen molar-refractivity contribution >= 4 is 17.6 Å². The van der Waals surface area contributed by atoms with E-state index >= 15 is 0 Å². The molecular formula is C20H21F2NO5. The van der Waals surface area contributed by atoms with Crippen LogP contribution in [0, 0.1) is 13.8 Å². The molecule has 2 aromatic rings. The van der Waals surface area contributed by atoms with Crippen molar-refractivity contribution in [2.75, 3.05) is 12.4 Å². The number of methoxy groups -OCH3 is 1. The van der Waals surface area contributed by atoms with Gasteiger partial charge in [0, 0.05) is 5.69 Å². The van der Waals surface area contributed by atoms with E-state index in [9.17, 15) is 18.4 Å². The standard InChI is InChI=1S/C20H21F2NO5/c1-11-5-7-15(12(2)9-11)23-18(24)13(3)27-19(25)14-6-8-16(28-20(21)22)17(10-14)26-4/h5-10,13,20H,1-4H3,(H,23,24)/t13-/m0/s1. The van der Waals surface area contributed by atoms with E-state index in [4.69, 9.17) is 9.47 Å². The number of alkyl halides is 2. The van der Waals surface area contributed by atoms with Gasteiger partial charge >= 0.3 is 12.6 Å². The van der Waals surface area contributed by atoms with E-state index in [1.807, 2.05) is 26.0 Å². The molecule has 0 unspecified atom stereocenters. The highest BCUT2D eigenvalue weighted by Crippen LogP contribution is 2.29. The monoisotopic (exact) mass is 393 g/mol. The maximum absolute atomic E-state index is 12.4. The van der Waals surface area contributed by atoms with Crippen molar-refractivity contribution in [3.8, 4) is 11.5 Å². The molecule has 0 fully saturated rings. The molecule has 150 valence electrons. The summed E-state index contributed by atoms with van der Waals surface area (Å²) >= 11 is 0. The average Bonchev–Trinajstić information content (AvgIpc) is 2.63. The fourth-order valence-corrected chi connectivity index (χ4v) is 2.46. The molecule has 1 amide bonds. The van der Waals surface area contributed by atoms with E-state index in [-0.39, 0.29) is 17.1 Å². The van der Waals surface area contributed by atoms with Gasteiger partial charge in [-0.25, -0.2) is 4.79 Å². The van der Waals surface area contributed by atoms with Crippen molar-refractivity contribution in [2.24, 2.45) is 0 Å². The van der Waals surface area contributed by atoms with E-state index in [1.165, 1.54) is 32.2 Å². The zero-order chi connectivity index (χ0) is 20.8. The first-order valence-electron chi connectivity index (χ1n) is 8.43. The van der Waals surface area contributed by atoms with E-state index in [0.29, 0.717) is 5.69 Å². The van der Waals surface area contributed by atoms with E-state index in [0.717, 1.165) is 11.1 Å². The Morgan fingerprint density at radius 2 is 1.75 bits per heavy atom. The highest BCUT2D eigenvalue weighted by Gasteiger charge is 2.21. The minimum absolute atomic E-state index is 0.0321. The lowest BCUT2D eigenvalue weighted by molar-refractivity contribution is -0.123. The Bertz CT molecular complexity index is 870. The first kappa shape index (κ1) is 21.1. The Morgan fingerprint density at radius 3 is 2.36 bits per heavy atom. The Balaban J connectivity index is 2.05. The third kappa shape index (κ3) is 5.42. The SMILES string of the molecule is COc1cc(C(=O)O[C@@H](C)C(=O)Nc2ccc(C)cc2C)ccc1OC(F)F. The molecule has 0 aliphatic heterocycles. The summed E-state index contributed by atoms with van der Waals surface area (Å²) in [6.07, 6.45) is -1.07. The van der Waals surface area contributed by atoms with Crippen LogP contribution in [0.1, 0.15) is 28.4 Å². The minimum atomic E-state index is -3.03. The summed E-state index contributed by atoms with van der Waals surface area (Å²) in [5.74, 6) is -1.56. The predicted molar refractivity (Wildman–Crippen MR) is 99.0 cm³/mol. The molecule has 8 heteroatoms. The van der Waals surface area contributed by atoms with Gasteiger partial charge in [0.1, 0.15) is 0 Å². The van der Waals surface area contributed by atoms with Crippen LogP contribution in [-0.2, 0) is 9.53 Å². The number of hydrogen-bond acceptors (Lipinski definition) is 5. The van der Waals surface area contributed by atoms with Crippen LogP contribution in [0.4, 0.5) is 14.5 Å². The Morgan fingerprint density at radius 1 is 1.04 bits per heavy atom. The third-order valence-corrected chi connectivity index (χ3v) is 3.91. The number of benzene rings is 2. The summed E-state index contributed by atoms with van der Waals surface area (Å²) in [6, 6.07) is 9.16. The van der Waals surface area contributed by atoms with Crippen molar-refractivity contribution in [1.82, 2.24) is 0 Å². The molecular weight excluding hydrogens is 372 g/mol. The predicted octanol–water partition coefficient (Wildman–Crippen LogP) is 4.10. The molecule has 2 rings (SSSR count). The normalized spacial score (nSPS) is 11.7. The van der Waals surface area contributed by atoms with Crippen molar-refractivity contribution < 1.29 is 32.6 Å². The molecule has 1 N–H and O–H groups in total. The summed E-state index contributed by atoms with van der Waals surface area (Å²) in [4.78, 5) is 24.6. The number of nitrogens with one attached hydrogen (secondary N) is 1.